The van der Waals surface area contributed by atoms with Gasteiger partial charge in [0, 0.05) is 63.8 Å². The summed E-state index contributed by atoms with van der Waals surface area (Å²) in [6, 6.07) is 15.5. The molecule has 1 saturated heterocycles. The second-order valence-corrected chi connectivity index (χ2v) is 10.3. The Balaban J connectivity index is 1.15. The van der Waals surface area contributed by atoms with Crippen LogP contribution in [-0.2, 0) is 17.0 Å². The van der Waals surface area contributed by atoms with Crippen molar-refractivity contribution in [1.82, 2.24) is 20.2 Å². The third kappa shape index (κ3) is 6.87. The number of methoxy groups -OCH3 is 1. The minimum Gasteiger partial charge on any atom is -0.454 e. The van der Waals surface area contributed by atoms with Gasteiger partial charge in [0.25, 0.3) is 5.91 Å². The average Bonchev–Trinajstić information content (AvgIpc) is 3.40. The van der Waals surface area contributed by atoms with Gasteiger partial charge in [0.1, 0.15) is 11.0 Å². The highest BCUT2D eigenvalue weighted by Crippen LogP contribution is 2.33. The molecule has 0 bridgehead atoms. The van der Waals surface area contributed by atoms with Crippen LogP contribution in [0.2, 0.25) is 5.15 Å². The molecule has 38 heavy (non-hydrogen) atoms. The molecule has 2 aromatic carbocycles. The molecular formula is C27H30ClN5O4S. The van der Waals surface area contributed by atoms with Gasteiger partial charge in [-0.3, -0.25) is 9.69 Å². The van der Waals surface area contributed by atoms with Crippen LogP contribution in [0.3, 0.4) is 0 Å². The number of aromatic nitrogens is 2. The normalized spacial score (nSPS) is 15.1. The predicted molar refractivity (Wildman–Crippen MR) is 147 cm³/mol. The molecule has 3 aromatic rings. The second-order valence-electron chi connectivity index (χ2n) is 9.02. The summed E-state index contributed by atoms with van der Waals surface area (Å²) >= 11 is 7.88. The van der Waals surface area contributed by atoms with Crippen LogP contribution in [0.4, 0.5) is 5.82 Å². The summed E-state index contributed by atoms with van der Waals surface area (Å²) in [7, 11) is 1.61. The fourth-order valence-electron chi connectivity index (χ4n) is 4.36. The van der Waals surface area contributed by atoms with E-state index in [4.69, 9.17) is 30.8 Å². The lowest BCUT2D eigenvalue weighted by Gasteiger charge is -2.35. The van der Waals surface area contributed by atoms with Gasteiger partial charge < -0.3 is 24.4 Å². The Labute approximate surface area is 231 Å². The van der Waals surface area contributed by atoms with E-state index in [1.54, 1.807) is 13.2 Å². The third-order valence-electron chi connectivity index (χ3n) is 6.35. The molecule has 11 heteroatoms. The van der Waals surface area contributed by atoms with Crippen molar-refractivity contribution in [3.63, 3.8) is 0 Å². The number of carbonyl (C=O) groups excluding carboxylic acids is 1. The number of ether oxygens (including phenoxy) is 3. The number of benzene rings is 2. The van der Waals surface area contributed by atoms with Crippen LogP contribution in [-0.4, -0.2) is 74.0 Å². The number of hydrogen-bond donors (Lipinski definition) is 1. The number of nitrogens with zero attached hydrogens (tertiary/aromatic N) is 4. The van der Waals surface area contributed by atoms with Crippen molar-refractivity contribution >= 4 is 35.1 Å². The van der Waals surface area contributed by atoms with Gasteiger partial charge in [-0.1, -0.05) is 41.6 Å². The Morgan fingerprint density at radius 1 is 1.05 bits per heavy atom. The van der Waals surface area contributed by atoms with Crippen LogP contribution < -0.4 is 19.7 Å². The average molecular weight is 556 g/mol. The quantitative estimate of drug-likeness (QED) is 0.173. The summed E-state index contributed by atoms with van der Waals surface area (Å²) in [5.74, 6) is 2.97. The molecule has 2 aliphatic rings. The van der Waals surface area contributed by atoms with Crippen LogP contribution in [0.5, 0.6) is 11.5 Å². The molecular weight excluding hydrogens is 526 g/mol. The molecule has 1 fully saturated rings. The number of anilines is 1. The lowest BCUT2D eigenvalue weighted by molar-refractivity contribution is 0.0937. The number of nitrogens with one attached hydrogen (secondary N) is 1. The lowest BCUT2D eigenvalue weighted by atomic mass is 10.1. The first kappa shape index (κ1) is 26.6. The zero-order valence-electron chi connectivity index (χ0n) is 21.2. The Bertz CT molecular complexity index is 1270. The van der Waals surface area contributed by atoms with Gasteiger partial charge in [0.05, 0.1) is 6.61 Å². The topological polar surface area (TPSA) is 89.1 Å². The molecule has 0 saturated carbocycles. The van der Waals surface area contributed by atoms with E-state index in [0.717, 1.165) is 55.6 Å². The first-order chi connectivity index (χ1) is 18.6. The first-order valence-corrected chi connectivity index (χ1v) is 13.8. The Hall–Kier alpha value is -3.05. The standard InChI is InChI=1S/C27H30ClN5O4S/c1-35-12-7-29-26(34)21-4-2-3-20(13-21)17-38-27-30-24(28)15-25(31-27)33-10-8-32(9-11-33)16-19-5-6-22-23(14-19)37-18-36-22/h2-6,13-15H,7-12,16-18H2,1H3,(H,29,34). The van der Waals surface area contributed by atoms with E-state index in [9.17, 15) is 4.79 Å². The molecule has 5 rings (SSSR count). The minimum absolute atomic E-state index is 0.118. The zero-order chi connectivity index (χ0) is 26.3. The lowest BCUT2D eigenvalue weighted by Crippen LogP contribution is -2.46. The molecule has 0 atom stereocenters. The maximum Gasteiger partial charge on any atom is 0.251 e. The Morgan fingerprint density at radius 2 is 1.89 bits per heavy atom. The smallest absolute Gasteiger partial charge is 0.251 e. The molecule has 9 nitrogen and oxygen atoms in total. The first-order valence-electron chi connectivity index (χ1n) is 12.5. The molecule has 1 amide bonds. The third-order valence-corrected chi connectivity index (χ3v) is 7.46. The van der Waals surface area contributed by atoms with Gasteiger partial charge in [0.15, 0.2) is 16.7 Å². The number of piperazine rings is 1. The minimum atomic E-state index is -0.118. The van der Waals surface area contributed by atoms with Gasteiger partial charge in [0.2, 0.25) is 6.79 Å². The van der Waals surface area contributed by atoms with Crippen molar-refractivity contribution in [1.29, 1.82) is 0 Å². The highest BCUT2D eigenvalue weighted by atomic mass is 35.5. The Morgan fingerprint density at radius 3 is 2.74 bits per heavy atom. The van der Waals surface area contributed by atoms with Gasteiger partial charge in [-0.2, -0.15) is 0 Å². The van der Waals surface area contributed by atoms with Gasteiger partial charge >= 0.3 is 0 Å². The molecule has 0 spiro atoms. The van der Waals surface area contributed by atoms with Crippen molar-refractivity contribution in [2.24, 2.45) is 0 Å². The summed E-state index contributed by atoms with van der Waals surface area (Å²) in [6.07, 6.45) is 0. The van der Waals surface area contributed by atoms with E-state index in [1.165, 1.54) is 17.3 Å². The maximum absolute atomic E-state index is 12.3. The van der Waals surface area contributed by atoms with E-state index in [1.807, 2.05) is 30.3 Å². The highest BCUT2D eigenvalue weighted by molar-refractivity contribution is 7.98. The van der Waals surface area contributed by atoms with Gasteiger partial charge in [-0.25, -0.2) is 9.97 Å². The summed E-state index contributed by atoms with van der Waals surface area (Å²) in [4.78, 5) is 26.2. The second kappa shape index (κ2) is 12.7. The number of thioether (sulfide) groups is 1. The fourth-order valence-corrected chi connectivity index (χ4v) is 5.39. The number of hydrogen-bond acceptors (Lipinski definition) is 9. The van der Waals surface area contributed by atoms with E-state index in [2.05, 4.69) is 32.2 Å². The molecule has 200 valence electrons. The highest BCUT2D eigenvalue weighted by Gasteiger charge is 2.21. The number of fused-ring (bicyclic) bond motifs is 1. The van der Waals surface area contributed by atoms with Crippen LogP contribution >= 0.6 is 23.4 Å². The van der Waals surface area contributed by atoms with Crippen molar-refractivity contribution in [3.05, 3.63) is 70.4 Å². The van der Waals surface area contributed by atoms with E-state index >= 15 is 0 Å². The van der Waals surface area contributed by atoms with Crippen molar-refractivity contribution in [2.45, 2.75) is 17.5 Å². The molecule has 0 unspecified atom stereocenters. The van der Waals surface area contributed by atoms with Crippen molar-refractivity contribution in [2.75, 3.05) is 58.1 Å². The van der Waals surface area contributed by atoms with Gasteiger partial charge in [-0.15, -0.1) is 0 Å². The van der Waals surface area contributed by atoms with Crippen LogP contribution in [0.25, 0.3) is 0 Å². The SMILES string of the molecule is COCCNC(=O)c1cccc(CSc2nc(Cl)cc(N3CCN(Cc4ccc5c(c4)OCO5)CC3)n2)c1. The van der Waals surface area contributed by atoms with Crippen LogP contribution in [0, 0.1) is 0 Å². The van der Waals surface area contributed by atoms with Gasteiger partial charge in [-0.05, 0) is 35.4 Å². The van der Waals surface area contributed by atoms with Crippen LogP contribution in [0.15, 0.2) is 53.7 Å². The number of rotatable bonds is 10. The molecule has 0 radical (unpaired) electrons. The maximum atomic E-state index is 12.3. The summed E-state index contributed by atoms with van der Waals surface area (Å²) < 4.78 is 15.9. The van der Waals surface area contributed by atoms with E-state index in [0.29, 0.717) is 34.8 Å². The molecule has 0 aliphatic carbocycles. The largest absolute Gasteiger partial charge is 0.454 e. The van der Waals surface area contributed by atoms with E-state index < -0.39 is 0 Å². The molecule has 1 N–H and O–H groups in total. The molecule has 3 heterocycles. The Kier molecular flexibility index (Phi) is 8.85. The molecule has 1 aromatic heterocycles. The monoisotopic (exact) mass is 555 g/mol. The summed E-state index contributed by atoms with van der Waals surface area (Å²) in [5, 5.41) is 3.88. The predicted octanol–water partition coefficient (Wildman–Crippen LogP) is 3.85. The van der Waals surface area contributed by atoms with E-state index in [-0.39, 0.29) is 12.7 Å². The van der Waals surface area contributed by atoms with Crippen LogP contribution in [0.1, 0.15) is 21.5 Å². The summed E-state index contributed by atoms with van der Waals surface area (Å²) in [5.41, 5.74) is 2.84. The number of carbonyl (C=O) groups is 1. The number of amides is 1. The fraction of sp³-hybridized carbons (Fsp3) is 0.370. The number of halogens is 1. The zero-order valence-corrected chi connectivity index (χ0v) is 22.8. The summed E-state index contributed by atoms with van der Waals surface area (Å²) in [6.45, 7) is 5.63. The van der Waals surface area contributed by atoms with Crippen molar-refractivity contribution < 1.29 is 19.0 Å². The molecule has 2 aliphatic heterocycles. The van der Waals surface area contributed by atoms with Crippen molar-refractivity contribution in [3.8, 4) is 11.5 Å².